The van der Waals surface area contributed by atoms with Crippen LogP contribution in [0.25, 0.3) is 0 Å². The lowest BCUT2D eigenvalue weighted by Crippen LogP contribution is -2.23. The normalized spacial score (nSPS) is 11.1. The summed E-state index contributed by atoms with van der Waals surface area (Å²) < 4.78 is 28.8. The topological polar surface area (TPSA) is 110 Å². The van der Waals surface area contributed by atoms with Crippen LogP contribution < -0.4 is 15.6 Å². The van der Waals surface area contributed by atoms with Gasteiger partial charge in [-0.15, -0.1) is 0 Å². The largest absolute Gasteiger partial charge is 0.321 e. The number of halogens is 2. The highest BCUT2D eigenvalue weighted by molar-refractivity contribution is 7.92. The molecule has 8 nitrogen and oxygen atoms in total. The van der Waals surface area contributed by atoms with Gasteiger partial charge in [0, 0.05) is 23.8 Å². The van der Waals surface area contributed by atoms with Gasteiger partial charge in [0.25, 0.3) is 21.5 Å². The number of nitrogens with zero attached hydrogens (tertiary/aromatic N) is 2. The van der Waals surface area contributed by atoms with Gasteiger partial charge in [0.2, 0.25) is 0 Å². The molecule has 2 N–H and O–H groups in total. The molecule has 0 radical (unpaired) electrons. The molecule has 11 heteroatoms. The molecule has 29 heavy (non-hydrogen) atoms. The van der Waals surface area contributed by atoms with Crippen LogP contribution in [0.15, 0.2) is 64.3 Å². The van der Waals surface area contributed by atoms with Gasteiger partial charge in [0.15, 0.2) is 0 Å². The highest BCUT2D eigenvalue weighted by Crippen LogP contribution is 2.27. The Morgan fingerprint density at radius 1 is 1.03 bits per heavy atom. The van der Waals surface area contributed by atoms with Gasteiger partial charge in [-0.3, -0.25) is 14.3 Å². The van der Waals surface area contributed by atoms with E-state index in [0.29, 0.717) is 5.02 Å². The Labute approximate surface area is 176 Å². The van der Waals surface area contributed by atoms with Gasteiger partial charge in [0.1, 0.15) is 10.6 Å². The van der Waals surface area contributed by atoms with E-state index in [9.17, 15) is 18.0 Å². The first-order valence-corrected chi connectivity index (χ1v) is 10.3. The van der Waals surface area contributed by atoms with E-state index in [4.69, 9.17) is 23.2 Å². The third kappa shape index (κ3) is 4.94. The second-order valence-electron chi connectivity index (χ2n) is 5.90. The van der Waals surface area contributed by atoms with Crippen LogP contribution in [-0.2, 0) is 17.1 Å². The standard InChI is InChI=1S/C18H14Cl2N4O4S/c1-24-17(25)8-7-15(22-24)18(26)21-12-5-6-14(20)16(10-12)29(27,28)23-13-4-2-3-11(19)9-13/h2-10,23H,1H3,(H,21,26). The molecule has 0 aliphatic carbocycles. The van der Waals surface area contributed by atoms with Crippen molar-refractivity contribution in [1.29, 1.82) is 0 Å². The molecule has 1 heterocycles. The van der Waals surface area contributed by atoms with Crippen LogP contribution in [0.2, 0.25) is 10.0 Å². The second kappa shape index (κ2) is 8.24. The predicted octanol–water partition coefficient (Wildman–Crippen LogP) is 3.14. The van der Waals surface area contributed by atoms with Crippen LogP contribution in [0.3, 0.4) is 0 Å². The first-order chi connectivity index (χ1) is 13.7. The Bertz CT molecular complexity index is 1260. The molecule has 0 fully saturated rings. The molecule has 1 aromatic heterocycles. The number of benzene rings is 2. The first-order valence-electron chi connectivity index (χ1n) is 8.09. The maximum absolute atomic E-state index is 12.7. The average Bonchev–Trinajstić information content (AvgIpc) is 2.65. The minimum atomic E-state index is -4.05. The van der Waals surface area contributed by atoms with E-state index < -0.39 is 15.9 Å². The van der Waals surface area contributed by atoms with Crippen molar-refractivity contribution < 1.29 is 13.2 Å². The molecular weight excluding hydrogens is 439 g/mol. The molecule has 150 valence electrons. The number of carbonyl (C=O) groups is 1. The lowest BCUT2D eigenvalue weighted by molar-refractivity contribution is 0.102. The molecule has 1 amide bonds. The number of sulfonamides is 1. The summed E-state index contributed by atoms with van der Waals surface area (Å²) in [7, 11) is -2.64. The molecule has 2 aromatic carbocycles. The number of nitrogens with one attached hydrogen (secondary N) is 2. The number of hydrogen-bond donors (Lipinski definition) is 2. The molecule has 0 saturated carbocycles. The number of rotatable bonds is 5. The van der Waals surface area contributed by atoms with E-state index in [-0.39, 0.29) is 32.5 Å². The van der Waals surface area contributed by atoms with Crippen molar-refractivity contribution in [1.82, 2.24) is 9.78 Å². The Morgan fingerprint density at radius 3 is 2.48 bits per heavy atom. The molecule has 0 unspecified atom stereocenters. The summed E-state index contributed by atoms with van der Waals surface area (Å²) in [6.45, 7) is 0. The van der Waals surface area contributed by atoms with Crippen molar-refractivity contribution in [2.45, 2.75) is 4.90 Å². The van der Waals surface area contributed by atoms with Crippen LogP contribution in [0.5, 0.6) is 0 Å². The number of hydrogen-bond acceptors (Lipinski definition) is 5. The Balaban J connectivity index is 1.88. The monoisotopic (exact) mass is 452 g/mol. The van der Waals surface area contributed by atoms with E-state index in [0.717, 1.165) is 4.68 Å². The van der Waals surface area contributed by atoms with Crippen molar-refractivity contribution in [3.8, 4) is 0 Å². The van der Waals surface area contributed by atoms with Gasteiger partial charge in [0.05, 0.1) is 10.7 Å². The van der Waals surface area contributed by atoms with Crippen molar-refractivity contribution in [2.75, 3.05) is 10.0 Å². The fraction of sp³-hybridized carbons (Fsp3) is 0.0556. The van der Waals surface area contributed by atoms with Crippen molar-refractivity contribution in [3.05, 3.63) is 80.7 Å². The summed E-state index contributed by atoms with van der Waals surface area (Å²) in [5.74, 6) is -0.617. The highest BCUT2D eigenvalue weighted by atomic mass is 35.5. The third-order valence-electron chi connectivity index (χ3n) is 3.75. The summed E-state index contributed by atoms with van der Waals surface area (Å²) in [4.78, 5) is 23.5. The van der Waals surface area contributed by atoms with Crippen LogP contribution in [-0.4, -0.2) is 24.1 Å². The van der Waals surface area contributed by atoms with Crippen LogP contribution >= 0.6 is 23.2 Å². The van der Waals surface area contributed by atoms with E-state index in [2.05, 4.69) is 15.1 Å². The predicted molar refractivity (Wildman–Crippen MR) is 111 cm³/mol. The van der Waals surface area contributed by atoms with Gasteiger partial charge >= 0.3 is 0 Å². The van der Waals surface area contributed by atoms with Crippen LogP contribution in [0.1, 0.15) is 10.5 Å². The van der Waals surface area contributed by atoms with Crippen LogP contribution in [0, 0.1) is 0 Å². The molecule has 0 atom stereocenters. The Hall–Kier alpha value is -2.88. The smallest absolute Gasteiger partial charge is 0.276 e. The fourth-order valence-electron chi connectivity index (χ4n) is 2.37. The maximum Gasteiger partial charge on any atom is 0.276 e. The Morgan fingerprint density at radius 2 is 1.79 bits per heavy atom. The quantitative estimate of drug-likeness (QED) is 0.617. The average molecular weight is 453 g/mol. The number of aromatic nitrogens is 2. The van der Waals surface area contributed by atoms with Crippen molar-refractivity contribution >= 4 is 50.5 Å². The SMILES string of the molecule is Cn1nc(C(=O)Nc2ccc(Cl)c(S(=O)(=O)Nc3cccc(Cl)c3)c2)ccc1=O. The molecular formula is C18H14Cl2N4O4S. The van der Waals surface area contributed by atoms with Gasteiger partial charge in [-0.25, -0.2) is 13.1 Å². The summed E-state index contributed by atoms with van der Waals surface area (Å²) in [6.07, 6.45) is 0. The van der Waals surface area contributed by atoms with Crippen molar-refractivity contribution in [3.63, 3.8) is 0 Å². The summed E-state index contributed by atoms with van der Waals surface area (Å²) in [5, 5.41) is 6.71. The molecule has 0 aliphatic heterocycles. The van der Waals surface area contributed by atoms with E-state index >= 15 is 0 Å². The zero-order valence-corrected chi connectivity index (χ0v) is 17.2. The van der Waals surface area contributed by atoms with Gasteiger partial charge < -0.3 is 5.32 Å². The van der Waals surface area contributed by atoms with Gasteiger partial charge in [-0.2, -0.15) is 5.10 Å². The minimum absolute atomic E-state index is 0.0106. The number of anilines is 2. The van der Waals surface area contributed by atoms with Crippen molar-refractivity contribution in [2.24, 2.45) is 7.05 Å². The molecule has 3 rings (SSSR count). The summed E-state index contributed by atoms with van der Waals surface area (Å²) >= 11 is 11.9. The number of carbonyl (C=O) groups excluding carboxylic acids is 1. The number of aryl methyl sites for hydroxylation is 1. The fourth-order valence-corrected chi connectivity index (χ4v) is 4.13. The van der Waals surface area contributed by atoms with Gasteiger partial charge in [-0.1, -0.05) is 29.3 Å². The maximum atomic E-state index is 12.7. The lowest BCUT2D eigenvalue weighted by Gasteiger charge is -2.12. The Kier molecular flexibility index (Phi) is 5.92. The second-order valence-corrected chi connectivity index (χ2v) is 8.39. The van der Waals surface area contributed by atoms with Crippen LogP contribution in [0.4, 0.5) is 11.4 Å². The van der Waals surface area contributed by atoms with E-state index in [1.165, 1.54) is 49.5 Å². The zero-order valence-electron chi connectivity index (χ0n) is 14.9. The third-order valence-corrected chi connectivity index (χ3v) is 5.85. The zero-order chi connectivity index (χ0) is 21.2. The van der Waals surface area contributed by atoms with E-state index in [1.54, 1.807) is 12.1 Å². The molecule has 0 aliphatic rings. The van der Waals surface area contributed by atoms with Gasteiger partial charge in [-0.05, 0) is 42.5 Å². The molecule has 0 spiro atoms. The summed E-state index contributed by atoms with van der Waals surface area (Å²) in [6, 6.07) is 12.7. The lowest BCUT2D eigenvalue weighted by atomic mass is 10.3. The first kappa shape index (κ1) is 20.8. The molecule has 0 saturated heterocycles. The highest BCUT2D eigenvalue weighted by Gasteiger charge is 2.20. The summed E-state index contributed by atoms with van der Waals surface area (Å²) in [5.41, 5.74) is 0.0657. The molecule has 0 bridgehead atoms. The van der Waals surface area contributed by atoms with E-state index in [1.807, 2.05) is 0 Å². The number of amides is 1. The molecule has 3 aromatic rings. The minimum Gasteiger partial charge on any atom is -0.321 e.